The molecule has 20 heavy (non-hydrogen) atoms. The minimum Gasteiger partial charge on any atom is -0.477 e. The zero-order valence-electron chi connectivity index (χ0n) is 11.2. The Kier molecular flexibility index (Phi) is 3.70. The maximum atomic E-state index is 13.2. The van der Waals surface area contributed by atoms with Gasteiger partial charge >= 0.3 is 5.97 Å². The molecule has 0 radical (unpaired) electrons. The van der Waals surface area contributed by atoms with E-state index in [2.05, 4.69) is 0 Å². The quantitative estimate of drug-likeness (QED) is 0.935. The number of aromatic carboxylic acids is 1. The van der Waals surface area contributed by atoms with Gasteiger partial charge in [-0.15, -0.1) is 0 Å². The molecule has 0 atom stereocenters. The van der Waals surface area contributed by atoms with Crippen molar-refractivity contribution >= 4 is 5.97 Å². The van der Waals surface area contributed by atoms with Crippen molar-refractivity contribution < 1.29 is 14.3 Å². The minimum atomic E-state index is -1.25. The van der Waals surface area contributed by atoms with Crippen LogP contribution in [0.4, 0.5) is 4.39 Å². The Bertz CT molecular complexity index is 734. The first kappa shape index (κ1) is 14.0. The smallest absolute Gasteiger partial charge is 0.341 e. The molecule has 1 heterocycles. The summed E-state index contributed by atoms with van der Waals surface area (Å²) in [7, 11) is 0. The molecule has 1 N–H and O–H groups in total. The zero-order chi connectivity index (χ0) is 14.9. The normalized spacial score (nSPS) is 10.6. The molecule has 1 aromatic carbocycles. The molecule has 0 saturated carbocycles. The molecule has 0 fully saturated rings. The first-order valence-corrected chi connectivity index (χ1v) is 6.09. The van der Waals surface area contributed by atoms with Gasteiger partial charge in [0.05, 0.1) is 6.54 Å². The summed E-state index contributed by atoms with van der Waals surface area (Å²) in [6, 6.07) is 7.53. The molecule has 5 heteroatoms. The van der Waals surface area contributed by atoms with Crippen LogP contribution in [-0.4, -0.2) is 15.6 Å². The predicted octanol–water partition coefficient (Wildman–Crippen LogP) is 2.35. The van der Waals surface area contributed by atoms with E-state index in [1.54, 1.807) is 32.0 Å². The van der Waals surface area contributed by atoms with Crippen molar-refractivity contribution in [2.24, 2.45) is 0 Å². The van der Waals surface area contributed by atoms with Crippen LogP contribution in [-0.2, 0) is 6.54 Å². The average molecular weight is 275 g/mol. The third-order valence-electron chi connectivity index (χ3n) is 3.15. The highest BCUT2D eigenvalue weighted by molar-refractivity contribution is 5.88. The van der Waals surface area contributed by atoms with Crippen LogP contribution in [0.5, 0.6) is 0 Å². The summed E-state index contributed by atoms with van der Waals surface area (Å²) in [6.45, 7) is 3.45. The summed E-state index contributed by atoms with van der Waals surface area (Å²) in [6.07, 6.45) is 0. The van der Waals surface area contributed by atoms with E-state index >= 15 is 0 Å². The molecule has 0 spiro atoms. The highest BCUT2D eigenvalue weighted by Crippen LogP contribution is 2.10. The summed E-state index contributed by atoms with van der Waals surface area (Å²) < 4.78 is 14.5. The number of rotatable bonds is 3. The van der Waals surface area contributed by atoms with E-state index in [-0.39, 0.29) is 12.1 Å². The molecular weight excluding hydrogens is 261 g/mol. The number of halogens is 1. The molecule has 0 aliphatic carbocycles. The number of aryl methyl sites for hydroxylation is 2. The maximum Gasteiger partial charge on any atom is 0.341 e. The summed E-state index contributed by atoms with van der Waals surface area (Å²) in [5, 5.41) is 9.10. The van der Waals surface area contributed by atoms with E-state index in [1.165, 1.54) is 16.7 Å². The first-order valence-electron chi connectivity index (χ1n) is 6.09. The second kappa shape index (κ2) is 5.28. The molecule has 1 aromatic heterocycles. The number of benzene rings is 1. The predicted molar refractivity (Wildman–Crippen MR) is 72.6 cm³/mol. The number of carbonyl (C=O) groups is 1. The second-order valence-corrected chi connectivity index (χ2v) is 4.67. The monoisotopic (exact) mass is 275 g/mol. The highest BCUT2D eigenvalue weighted by Gasteiger charge is 2.16. The van der Waals surface area contributed by atoms with Gasteiger partial charge in [-0.2, -0.15) is 0 Å². The molecule has 4 nitrogen and oxygen atoms in total. The number of aromatic nitrogens is 1. The largest absolute Gasteiger partial charge is 0.477 e. The average Bonchev–Trinajstić information content (AvgIpc) is 2.33. The minimum absolute atomic E-state index is 0.142. The zero-order valence-corrected chi connectivity index (χ0v) is 11.2. The van der Waals surface area contributed by atoms with E-state index in [1.807, 2.05) is 0 Å². The van der Waals surface area contributed by atoms with Crippen molar-refractivity contribution in [2.45, 2.75) is 20.4 Å². The third kappa shape index (κ3) is 2.61. The van der Waals surface area contributed by atoms with Gasteiger partial charge in [0.25, 0.3) is 5.56 Å². The van der Waals surface area contributed by atoms with Crippen LogP contribution in [0.1, 0.15) is 27.2 Å². The molecule has 0 aliphatic heterocycles. The fraction of sp³-hybridized carbons (Fsp3) is 0.200. The van der Waals surface area contributed by atoms with Gasteiger partial charge in [0.1, 0.15) is 11.4 Å². The molecule has 2 rings (SSSR count). The van der Waals surface area contributed by atoms with E-state index in [9.17, 15) is 14.0 Å². The Balaban J connectivity index is 2.55. The van der Waals surface area contributed by atoms with Crippen LogP contribution in [0.3, 0.4) is 0 Å². The molecule has 0 saturated heterocycles. The van der Waals surface area contributed by atoms with Crippen molar-refractivity contribution in [3.05, 3.63) is 68.9 Å². The topological polar surface area (TPSA) is 59.3 Å². The Hall–Kier alpha value is -2.43. The number of carboxylic acids is 1. The first-order chi connectivity index (χ1) is 9.40. The molecule has 2 aromatic rings. The van der Waals surface area contributed by atoms with Crippen LogP contribution in [0.15, 0.2) is 35.1 Å². The van der Waals surface area contributed by atoms with E-state index in [0.29, 0.717) is 16.8 Å². The number of hydrogen-bond acceptors (Lipinski definition) is 2. The van der Waals surface area contributed by atoms with Crippen LogP contribution < -0.4 is 5.56 Å². The standard InChI is InChI=1S/C15H14FNO3/c1-9-6-10(2)17(14(18)13(9)15(19)20)8-11-4-3-5-12(16)7-11/h3-7H,8H2,1-2H3,(H,19,20). The van der Waals surface area contributed by atoms with E-state index in [4.69, 9.17) is 5.11 Å². The van der Waals surface area contributed by atoms with Gasteiger partial charge in [-0.05, 0) is 43.2 Å². The Morgan fingerprint density at radius 3 is 2.60 bits per heavy atom. The Morgan fingerprint density at radius 1 is 1.30 bits per heavy atom. The third-order valence-corrected chi connectivity index (χ3v) is 3.15. The van der Waals surface area contributed by atoms with Crippen molar-refractivity contribution in [3.8, 4) is 0 Å². The van der Waals surface area contributed by atoms with Crippen LogP contribution in [0.25, 0.3) is 0 Å². The SMILES string of the molecule is Cc1cc(C)n(Cc2cccc(F)c2)c(=O)c1C(=O)O. The van der Waals surface area contributed by atoms with Crippen molar-refractivity contribution in [1.29, 1.82) is 0 Å². The Labute approximate surface area is 115 Å². The lowest BCUT2D eigenvalue weighted by Gasteiger charge is -2.13. The van der Waals surface area contributed by atoms with Gasteiger partial charge in [0, 0.05) is 5.69 Å². The molecular formula is C15H14FNO3. The van der Waals surface area contributed by atoms with Gasteiger partial charge in [0.15, 0.2) is 0 Å². The van der Waals surface area contributed by atoms with Crippen LogP contribution >= 0.6 is 0 Å². The van der Waals surface area contributed by atoms with Crippen LogP contribution in [0, 0.1) is 19.7 Å². The Morgan fingerprint density at radius 2 is 2.00 bits per heavy atom. The molecule has 0 bridgehead atoms. The summed E-state index contributed by atoms with van der Waals surface area (Å²) >= 11 is 0. The van der Waals surface area contributed by atoms with Gasteiger partial charge in [-0.1, -0.05) is 12.1 Å². The van der Waals surface area contributed by atoms with Gasteiger partial charge in [0.2, 0.25) is 0 Å². The lowest BCUT2D eigenvalue weighted by Crippen LogP contribution is -2.29. The second-order valence-electron chi connectivity index (χ2n) is 4.67. The lowest BCUT2D eigenvalue weighted by molar-refractivity contribution is 0.0693. The van der Waals surface area contributed by atoms with E-state index in [0.717, 1.165) is 0 Å². The van der Waals surface area contributed by atoms with E-state index < -0.39 is 17.3 Å². The summed E-state index contributed by atoms with van der Waals surface area (Å²) in [5.74, 6) is -1.64. The maximum absolute atomic E-state index is 13.2. The summed E-state index contributed by atoms with van der Waals surface area (Å²) in [4.78, 5) is 23.4. The number of nitrogens with zero attached hydrogens (tertiary/aromatic N) is 1. The van der Waals surface area contributed by atoms with Crippen LogP contribution in [0.2, 0.25) is 0 Å². The lowest BCUT2D eigenvalue weighted by atomic mass is 10.1. The highest BCUT2D eigenvalue weighted by atomic mass is 19.1. The molecule has 0 aliphatic rings. The summed E-state index contributed by atoms with van der Waals surface area (Å²) in [5.41, 5.74) is 0.860. The number of carboxylic acid groups (broad SMARTS) is 1. The van der Waals surface area contributed by atoms with Crippen molar-refractivity contribution in [2.75, 3.05) is 0 Å². The van der Waals surface area contributed by atoms with Crippen molar-refractivity contribution in [1.82, 2.24) is 4.57 Å². The van der Waals surface area contributed by atoms with Gasteiger partial charge < -0.3 is 9.67 Å². The fourth-order valence-corrected chi connectivity index (χ4v) is 2.20. The molecule has 0 unspecified atom stereocenters. The van der Waals surface area contributed by atoms with Gasteiger partial charge in [-0.3, -0.25) is 4.79 Å². The number of hydrogen-bond donors (Lipinski definition) is 1. The number of pyridine rings is 1. The van der Waals surface area contributed by atoms with Gasteiger partial charge in [-0.25, -0.2) is 9.18 Å². The molecule has 0 amide bonds. The molecule has 104 valence electrons. The van der Waals surface area contributed by atoms with Crippen molar-refractivity contribution in [3.63, 3.8) is 0 Å². The fourth-order valence-electron chi connectivity index (χ4n) is 2.20.